The van der Waals surface area contributed by atoms with Crippen molar-refractivity contribution in [2.75, 3.05) is 5.32 Å². The van der Waals surface area contributed by atoms with E-state index in [9.17, 15) is 14.4 Å². The Labute approximate surface area is 143 Å². The maximum absolute atomic E-state index is 12.4. The van der Waals surface area contributed by atoms with E-state index in [4.69, 9.17) is 5.73 Å². The van der Waals surface area contributed by atoms with Crippen molar-refractivity contribution in [2.45, 2.75) is 39.2 Å². The first-order valence-electron chi connectivity index (χ1n) is 7.88. The highest BCUT2D eigenvalue weighted by Crippen LogP contribution is 2.37. The summed E-state index contributed by atoms with van der Waals surface area (Å²) in [7, 11) is 0. The zero-order chi connectivity index (χ0) is 17.3. The second-order valence-electron chi connectivity index (χ2n) is 5.92. The molecule has 7 heteroatoms. The van der Waals surface area contributed by atoms with Crippen LogP contribution in [-0.2, 0) is 24.2 Å². The molecule has 0 spiro atoms. The van der Waals surface area contributed by atoms with Gasteiger partial charge >= 0.3 is 0 Å². The number of aryl methyl sites for hydroxylation is 2. The summed E-state index contributed by atoms with van der Waals surface area (Å²) in [5, 5.41) is 3.27. The summed E-state index contributed by atoms with van der Waals surface area (Å²) in [6.07, 6.45) is 3.83. The number of hydrogen-bond donors (Lipinski definition) is 2. The summed E-state index contributed by atoms with van der Waals surface area (Å²) in [5.41, 5.74) is 7.40. The first-order valence-corrected chi connectivity index (χ1v) is 8.69. The van der Waals surface area contributed by atoms with E-state index in [-0.39, 0.29) is 18.0 Å². The lowest BCUT2D eigenvalue weighted by Crippen LogP contribution is -2.28. The van der Waals surface area contributed by atoms with Crippen LogP contribution in [0.1, 0.15) is 39.3 Å². The lowest BCUT2D eigenvalue weighted by Gasteiger charge is -2.11. The van der Waals surface area contributed by atoms with Crippen LogP contribution in [0.25, 0.3) is 0 Å². The number of carbonyl (C=O) groups excluding carboxylic acids is 2. The molecule has 24 heavy (non-hydrogen) atoms. The van der Waals surface area contributed by atoms with E-state index in [0.29, 0.717) is 16.3 Å². The lowest BCUT2D eigenvalue weighted by molar-refractivity contribution is -0.116. The van der Waals surface area contributed by atoms with Gasteiger partial charge in [-0.25, -0.2) is 0 Å². The number of primary amides is 1. The van der Waals surface area contributed by atoms with E-state index in [1.54, 1.807) is 19.1 Å². The number of pyridine rings is 1. The molecule has 0 bridgehead atoms. The summed E-state index contributed by atoms with van der Waals surface area (Å²) >= 11 is 1.42. The van der Waals surface area contributed by atoms with Gasteiger partial charge in [-0.1, -0.05) is 6.07 Å². The number of thiophene rings is 1. The third-order valence-electron chi connectivity index (χ3n) is 4.24. The largest absolute Gasteiger partial charge is 0.365 e. The maximum atomic E-state index is 12.4. The topological polar surface area (TPSA) is 94.2 Å². The number of fused-ring (bicyclic) bond motifs is 1. The van der Waals surface area contributed by atoms with Crippen LogP contribution in [0.5, 0.6) is 0 Å². The lowest BCUT2D eigenvalue weighted by atomic mass is 9.95. The van der Waals surface area contributed by atoms with Crippen molar-refractivity contribution in [2.24, 2.45) is 5.73 Å². The highest BCUT2D eigenvalue weighted by molar-refractivity contribution is 7.17. The molecule has 0 saturated carbocycles. The number of nitrogens with zero attached hydrogens (tertiary/aromatic N) is 1. The highest BCUT2D eigenvalue weighted by atomic mass is 32.1. The van der Waals surface area contributed by atoms with E-state index in [2.05, 4.69) is 5.32 Å². The first kappa shape index (κ1) is 16.4. The number of amides is 2. The Morgan fingerprint density at radius 2 is 2.04 bits per heavy atom. The monoisotopic (exact) mass is 345 g/mol. The number of hydrogen-bond acceptors (Lipinski definition) is 4. The van der Waals surface area contributed by atoms with Crippen LogP contribution < -0.4 is 16.6 Å². The summed E-state index contributed by atoms with van der Waals surface area (Å²) in [5.74, 6) is -0.856. The normalized spacial score (nSPS) is 13.4. The molecule has 2 heterocycles. The first-order chi connectivity index (χ1) is 11.5. The second kappa shape index (κ2) is 6.60. The quantitative estimate of drug-likeness (QED) is 0.885. The predicted molar refractivity (Wildman–Crippen MR) is 93.5 cm³/mol. The molecule has 0 atom stereocenters. The molecular weight excluding hydrogens is 326 g/mol. The SMILES string of the molecule is Cc1cccc(=O)n1CC(=O)Nc1sc2c(c1C(N)=O)CCCC2. The molecule has 2 aromatic rings. The van der Waals surface area contributed by atoms with E-state index < -0.39 is 5.91 Å². The smallest absolute Gasteiger partial charge is 0.251 e. The molecule has 6 nitrogen and oxygen atoms in total. The van der Waals surface area contributed by atoms with Crippen LogP contribution in [-0.4, -0.2) is 16.4 Å². The fraction of sp³-hybridized carbons (Fsp3) is 0.353. The molecule has 1 aliphatic rings. The molecule has 2 aromatic heterocycles. The van der Waals surface area contributed by atoms with Gasteiger partial charge in [0.15, 0.2) is 0 Å². The van der Waals surface area contributed by atoms with Crippen LogP contribution in [0.4, 0.5) is 5.00 Å². The van der Waals surface area contributed by atoms with Crippen molar-refractivity contribution in [3.63, 3.8) is 0 Å². The van der Waals surface area contributed by atoms with Gasteiger partial charge in [0.25, 0.3) is 11.5 Å². The minimum absolute atomic E-state index is 0.0910. The number of nitrogens with two attached hydrogens (primary N) is 1. The average Bonchev–Trinajstić information content (AvgIpc) is 2.89. The molecule has 2 amide bonds. The van der Waals surface area contributed by atoms with Crippen molar-refractivity contribution >= 4 is 28.2 Å². The van der Waals surface area contributed by atoms with Crippen molar-refractivity contribution in [3.05, 3.63) is 50.3 Å². The minimum atomic E-state index is -0.516. The average molecular weight is 345 g/mol. The van der Waals surface area contributed by atoms with Gasteiger partial charge in [0, 0.05) is 16.6 Å². The number of carbonyl (C=O) groups is 2. The standard InChI is InChI=1S/C17H19N3O3S/c1-10-5-4-8-14(22)20(10)9-13(21)19-17-15(16(18)23)11-6-2-3-7-12(11)24-17/h4-5,8H,2-3,6-7,9H2,1H3,(H2,18,23)(H,19,21). The molecule has 0 aliphatic heterocycles. The number of anilines is 1. The van der Waals surface area contributed by atoms with Crippen molar-refractivity contribution < 1.29 is 9.59 Å². The Kier molecular flexibility index (Phi) is 4.53. The fourth-order valence-electron chi connectivity index (χ4n) is 3.05. The maximum Gasteiger partial charge on any atom is 0.251 e. The Balaban J connectivity index is 1.86. The summed E-state index contributed by atoms with van der Waals surface area (Å²) in [6, 6.07) is 4.84. The van der Waals surface area contributed by atoms with E-state index >= 15 is 0 Å². The van der Waals surface area contributed by atoms with Gasteiger partial charge in [0.05, 0.1) is 5.56 Å². The molecule has 0 aromatic carbocycles. The minimum Gasteiger partial charge on any atom is -0.365 e. The Morgan fingerprint density at radius 1 is 1.29 bits per heavy atom. The Morgan fingerprint density at radius 3 is 2.75 bits per heavy atom. The molecule has 126 valence electrons. The molecule has 0 fully saturated rings. The molecule has 0 radical (unpaired) electrons. The zero-order valence-electron chi connectivity index (χ0n) is 13.4. The van der Waals surface area contributed by atoms with Crippen molar-refractivity contribution in [3.8, 4) is 0 Å². The van der Waals surface area contributed by atoms with Gasteiger partial charge in [-0.05, 0) is 44.2 Å². The summed E-state index contributed by atoms with van der Waals surface area (Å²) in [4.78, 5) is 37.2. The molecule has 3 rings (SSSR count). The van der Waals surface area contributed by atoms with Gasteiger partial charge in [-0.15, -0.1) is 11.3 Å². The van der Waals surface area contributed by atoms with E-state index in [1.807, 2.05) is 0 Å². The summed E-state index contributed by atoms with van der Waals surface area (Å²) in [6.45, 7) is 1.68. The molecule has 0 unspecified atom stereocenters. The van der Waals surface area contributed by atoms with Gasteiger partial charge in [0.1, 0.15) is 11.5 Å². The van der Waals surface area contributed by atoms with Crippen LogP contribution in [0.2, 0.25) is 0 Å². The molecule has 3 N–H and O–H groups in total. The summed E-state index contributed by atoms with van der Waals surface area (Å²) < 4.78 is 1.40. The Hall–Kier alpha value is -2.41. The van der Waals surface area contributed by atoms with E-state index in [0.717, 1.165) is 36.1 Å². The predicted octanol–water partition coefficient (Wildman–Crippen LogP) is 1.83. The van der Waals surface area contributed by atoms with Crippen LogP contribution in [0.3, 0.4) is 0 Å². The number of nitrogens with one attached hydrogen (secondary N) is 1. The number of rotatable bonds is 4. The zero-order valence-corrected chi connectivity index (χ0v) is 14.2. The molecule has 0 saturated heterocycles. The van der Waals surface area contributed by atoms with Gasteiger partial charge < -0.3 is 15.6 Å². The van der Waals surface area contributed by atoms with Crippen LogP contribution in [0, 0.1) is 6.92 Å². The van der Waals surface area contributed by atoms with Crippen molar-refractivity contribution in [1.29, 1.82) is 0 Å². The highest BCUT2D eigenvalue weighted by Gasteiger charge is 2.25. The fourth-order valence-corrected chi connectivity index (χ4v) is 4.36. The number of aromatic nitrogens is 1. The van der Waals surface area contributed by atoms with Gasteiger partial charge in [0.2, 0.25) is 5.91 Å². The van der Waals surface area contributed by atoms with Crippen LogP contribution in [0.15, 0.2) is 23.0 Å². The molecular formula is C17H19N3O3S. The Bertz CT molecular complexity index is 866. The van der Waals surface area contributed by atoms with Gasteiger partial charge in [-0.2, -0.15) is 0 Å². The second-order valence-corrected chi connectivity index (χ2v) is 7.02. The van der Waals surface area contributed by atoms with Crippen molar-refractivity contribution in [1.82, 2.24) is 4.57 Å². The van der Waals surface area contributed by atoms with E-state index in [1.165, 1.54) is 22.0 Å². The third kappa shape index (κ3) is 3.12. The van der Waals surface area contributed by atoms with Crippen LogP contribution >= 0.6 is 11.3 Å². The molecule has 1 aliphatic carbocycles. The third-order valence-corrected chi connectivity index (χ3v) is 5.45. The van der Waals surface area contributed by atoms with Gasteiger partial charge in [-0.3, -0.25) is 14.4 Å².